The summed E-state index contributed by atoms with van der Waals surface area (Å²) in [6, 6.07) is 7.78. The van der Waals surface area contributed by atoms with E-state index < -0.39 is 12.1 Å². The van der Waals surface area contributed by atoms with Crippen LogP contribution in [-0.2, 0) is 9.59 Å². The summed E-state index contributed by atoms with van der Waals surface area (Å²) >= 11 is 0. The van der Waals surface area contributed by atoms with E-state index in [-0.39, 0.29) is 24.7 Å². The molecule has 178 valence electrons. The van der Waals surface area contributed by atoms with Gasteiger partial charge >= 0.3 is 12.1 Å². The van der Waals surface area contributed by atoms with Crippen molar-refractivity contribution in [3.8, 4) is 5.75 Å². The lowest BCUT2D eigenvalue weighted by molar-refractivity contribution is -0.192. The molecule has 2 aliphatic heterocycles. The van der Waals surface area contributed by atoms with Crippen LogP contribution in [0.4, 0.5) is 13.2 Å². The summed E-state index contributed by atoms with van der Waals surface area (Å²) in [6.45, 7) is 6.08. The molecule has 0 bridgehead atoms. The number of aliphatic hydroxyl groups excluding tert-OH is 1. The van der Waals surface area contributed by atoms with Gasteiger partial charge in [-0.15, -0.1) is 0 Å². The third-order valence-electron chi connectivity index (χ3n) is 6.20. The molecule has 1 atom stereocenters. The number of nitrogens with zero attached hydrogens (tertiary/aromatic N) is 2. The van der Waals surface area contributed by atoms with Gasteiger partial charge in [0.1, 0.15) is 5.75 Å². The summed E-state index contributed by atoms with van der Waals surface area (Å²) in [4.78, 5) is 25.8. The van der Waals surface area contributed by atoms with Gasteiger partial charge in [-0.05, 0) is 50.2 Å². The number of aliphatic carboxylic acids is 1. The minimum atomic E-state index is -5.08. The van der Waals surface area contributed by atoms with Crippen molar-refractivity contribution in [2.75, 3.05) is 39.4 Å². The Hall–Kier alpha value is -2.33. The molecule has 1 saturated carbocycles. The Morgan fingerprint density at radius 3 is 2.25 bits per heavy atom. The van der Waals surface area contributed by atoms with Crippen LogP contribution in [0.2, 0.25) is 0 Å². The Morgan fingerprint density at radius 2 is 1.75 bits per heavy atom. The monoisotopic (exact) mass is 458 g/mol. The van der Waals surface area contributed by atoms with Gasteiger partial charge in [-0.1, -0.05) is 17.7 Å². The van der Waals surface area contributed by atoms with Crippen molar-refractivity contribution in [1.29, 1.82) is 0 Å². The average molecular weight is 458 g/mol. The number of hydrogen-bond acceptors (Lipinski definition) is 5. The smallest absolute Gasteiger partial charge is 0.484 e. The number of ether oxygens (including phenoxy) is 1. The number of amides is 1. The Morgan fingerprint density at radius 1 is 1.16 bits per heavy atom. The van der Waals surface area contributed by atoms with Crippen LogP contribution < -0.4 is 4.74 Å². The fourth-order valence-corrected chi connectivity index (χ4v) is 4.28. The second-order valence-corrected chi connectivity index (χ2v) is 8.98. The molecule has 0 radical (unpaired) electrons. The molecule has 2 saturated heterocycles. The maximum absolute atomic E-state index is 12.4. The highest BCUT2D eigenvalue weighted by Crippen LogP contribution is 2.43. The molecule has 1 aromatic carbocycles. The molecule has 10 heteroatoms. The largest absolute Gasteiger partial charge is 0.490 e. The number of halogens is 3. The predicted molar refractivity (Wildman–Crippen MR) is 109 cm³/mol. The fourth-order valence-electron chi connectivity index (χ4n) is 4.28. The Bertz CT molecular complexity index is 805. The summed E-state index contributed by atoms with van der Waals surface area (Å²) in [6.07, 6.45) is -1.40. The zero-order chi connectivity index (χ0) is 23.5. The van der Waals surface area contributed by atoms with Gasteiger partial charge in [0, 0.05) is 32.8 Å². The van der Waals surface area contributed by atoms with Crippen molar-refractivity contribution in [3.05, 3.63) is 29.8 Å². The number of aliphatic hydroxyl groups is 1. The number of likely N-dealkylation sites (tertiary alicyclic amines) is 2. The topological polar surface area (TPSA) is 90.3 Å². The van der Waals surface area contributed by atoms with E-state index in [1.54, 1.807) is 0 Å². The Kier molecular flexibility index (Phi) is 7.34. The van der Waals surface area contributed by atoms with Gasteiger partial charge in [0.05, 0.1) is 5.54 Å². The molecule has 7 nitrogen and oxygen atoms in total. The van der Waals surface area contributed by atoms with Gasteiger partial charge in [-0.3, -0.25) is 9.69 Å². The van der Waals surface area contributed by atoms with Crippen LogP contribution in [0.25, 0.3) is 0 Å². The number of carbonyl (C=O) groups excluding carboxylic acids is 1. The van der Waals surface area contributed by atoms with E-state index in [9.17, 15) is 23.1 Å². The molecule has 0 aromatic heterocycles. The number of rotatable bonds is 6. The Labute approximate surface area is 184 Å². The van der Waals surface area contributed by atoms with Gasteiger partial charge in [-0.25, -0.2) is 4.79 Å². The van der Waals surface area contributed by atoms with Crippen LogP contribution >= 0.6 is 0 Å². The maximum atomic E-state index is 12.4. The number of alkyl halides is 3. The van der Waals surface area contributed by atoms with E-state index in [2.05, 4.69) is 4.90 Å². The Balaban J connectivity index is 0.000000360. The number of aryl methyl sites for hydroxylation is 1. The van der Waals surface area contributed by atoms with Crippen LogP contribution in [0.3, 0.4) is 0 Å². The average Bonchev–Trinajstić information content (AvgIpc) is 3.44. The third-order valence-corrected chi connectivity index (χ3v) is 6.20. The molecule has 3 aliphatic rings. The van der Waals surface area contributed by atoms with Gasteiger partial charge in [-0.2, -0.15) is 13.2 Å². The van der Waals surface area contributed by atoms with E-state index >= 15 is 0 Å². The molecule has 2 heterocycles. The van der Waals surface area contributed by atoms with E-state index in [1.807, 2.05) is 36.1 Å². The van der Waals surface area contributed by atoms with Gasteiger partial charge < -0.3 is 19.8 Å². The van der Waals surface area contributed by atoms with Crippen molar-refractivity contribution in [1.82, 2.24) is 9.80 Å². The quantitative estimate of drug-likeness (QED) is 0.680. The van der Waals surface area contributed by atoms with E-state index in [1.165, 1.54) is 18.4 Å². The van der Waals surface area contributed by atoms with Gasteiger partial charge in [0.2, 0.25) is 0 Å². The predicted octanol–water partition coefficient (Wildman–Crippen LogP) is 2.31. The number of benzene rings is 1. The minimum Gasteiger partial charge on any atom is -0.484 e. The highest BCUT2D eigenvalue weighted by Gasteiger charge is 2.54. The molecule has 1 aliphatic carbocycles. The van der Waals surface area contributed by atoms with E-state index in [0.717, 1.165) is 44.3 Å². The van der Waals surface area contributed by atoms with Crippen LogP contribution in [0.5, 0.6) is 5.75 Å². The molecule has 1 unspecified atom stereocenters. The van der Waals surface area contributed by atoms with Crippen molar-refractivity contribution in [2.45, 2.75) is 37.9 Å². The molecule has 2 N–H and O–H groups in total. The molecular weight excluding hydrogens is 429 g/mol. The van der Waals surface area contributed by atoms with Gasteiger partial charge in [0.25, 0.3) is 5.91 Å². The lowest BCUT2D eigenvalue weighted by Gasteiger charge is -2.53. The first-order valence-corrected chi connectivity index (χ1v) is 10.7. The van der Waals surface area contributed by atoms with Crippen molar-refractivity contribution in [2.24, 2.45) is 11.8 Å². The molecule has 3 fully saturated rings. The van der Waals surface area contributed by atoms with E-state index in [0.29, 0.717) is 5.92 Å². The number of hydrogen-bond donors (Lipinski definition) is 2. The van der Waals surface area contributed by atoms with Crippen molar-refractivity contribution < 1.29 is 37.7 Å². The highest BCUT2D eigenvalue weighted by atomic mass is 19.4. The lowest BCUT2D eigenvalue weighted by Crippen LogP contribution is -2.69. The number of carboxylic acid groups (broad SMARTS) is 1. The number of carbonyl (C=O) groups is 2. The lowest BCUT2D eigenvalue weighted by atomic mass is 9.84. The first-order valence-electron chi connectivity index (χ1n) is 10.7. The van der Waals surface area contributed by atoms with Crippen LogP contribution in [0, 0.1) is 18.8 Å². The summed E-state index contributed by atoms with van der Waals surface area (Å²) < 4.78 is 37.4. The van der Waals surface area contributed by atoms with Crippen molar-refractivity contribution >= 4 is 11.9 Å². The molecule has 32 heavy (non-hydrogen) atoms. The van der Waals surface area contributed by atoms with E-state index in [4.69, 9.17) is 14.6 Å². The third kappa shape index (κ3) is 6.13. The first-order chi connectivity index (χ1) is 15.0. The van der Waals surface area contributed by atoms with Gasteiger partial charge in [0.15, 0.2) is 6.61 Å². The molecule has 1 amide bonds. The normalized spacial score (nSPS) is 22.2. The first kappa shape index (κ1) is 24.3. The standard InChI is InChI=1S/C20H28N2O3.C2HF3O2/c1-15-2-6-18(7-3-15)25-12-19(24)21-13-20(14-21)8-17(11-23)10-22(20)9-16-4-5-16;3-2(4,5)1(6)7/h2-3,6-7,16-17,23H,4-5,8-14H2,1H3;(H,6,7). The highest BCUT2D eigenvalue weighted by molar-refractivity contribution is 5.79. The zero-order valence-electron chi connectivity index (χ0n) is 18.0. The summed E-state index contributed by atoms with van der Waals surface area (Å²) in [5.74, 6) is -0.757. The van der Waals surface area contributed by atoms with Crippen LogP contribution in [-0.4, -0.2) is 83.0 Å². The molecule has 1 spiro atoms. The molecule has 1 aromatic rings. The fraction of sp³-hybridized carbons (Fsp3) is 0.636. The summed E-state index contributed by atoms with van der Waals surface area (Å²) in [5.41, 5.74) is 1.29. The minimum absolute atomic E-state index is 0.0602. The second kappa shape index (κ2) is 9.66. The summed E-state index contributed by atoms with van der Waals surface area (Å²) in [5, 5.41) is 16.7. The maximum Gasteiger partial charge on any atom is 0.490 e. The summed E-state index contributed by atoms with van der Waals surface area (Å²) in [7, 11) is 0. The van der Waals surface area contributed by atoms with Crippen LogP contribution in [0.15, 0.2) is 24.3 Å². The second-order valence-electron chi connectivity index (χ2n) is 8.98. The van der Waals surface area contributed by atoms with Crippen LogP contribution in [0.1, 0.15) is 24.8 Å². The number of carboxylic acids is 1. The molecular formula is C22H29F3N2O5. The van der Waals surface area contributed by atoms with Crippen molar-refractivity contribution in [3.63, 3.8) is 0 Å². The SMILES string of the molecule is Cc1ccc(OCC(=O)N2CC3(CC(CO)CN3CC3CC3)C2)cc1.O=C(O)C(F)(F)F. The molecule has 4 rings (SSSR count). The zero-order valence-corrected chi connectivity index (χ0v) is 18.0.